The standard InChI is InChI=1S/C20H26F3N3O/c1-19(2)11-7-6-9-15(19)13-26-17(24-25(3)18(26)27)12-14-8-4-5-10-16(14)20(21,22)23/h4-5,8,10,15H,6-7,9,11-13H2,1-3H3. The molecule has 1 aliphatic rings. The third-order valence-electron chi connectivity index (χ3n) is 5.89. The maximum Gasteiger partial charge on any atom is 0.416 e. The third-order valence-corrected chi connectivity index (χ3v) is 5.89. The normalized spacial score (nSPS) is 20.0. The Bertz CT molecular complexity index is 864. The molecule has 3 rings (SSSR count). The van der Waals surface area contributed by atoms with Gasteiger partial charge < -0.3 is 0 Å². The van der Waals surface area contributed by atoms with Gasteiger partial charge in [-0.3, -0.25) is 4.57 Å². The van der Waals surface area contributed by atoms with Crippen molar-refractivity contribution < 1.29 is 13.2 Å². The van der Waals surface area contributed by atoms with Crippen LogP contribution in [0.3, 0.4) is 0 Å². The fourth-order valence-corrected chi connectivity index (χ4v) is 4.12. The van der Waals surface area contributed by atoms with Crippen LogP contribution < -0.4 is 5.69 Å². The Hall–Kier alpha value is -2.05. The Morgan fingerprint density at radius 2 is 1.93 bits per heavy atom. The van der Waals surface area contributed by atoms with Gasteiger partial charge in [-0.15, -0.1) is 0 Å². The minimum atomic E-state index is -4.43. The van der Waals surface area contributed by atoms with E-state index in [1.165, 1.54) is 23.2 Å². The second kappa shape index (κ2) is 7.17. The fraction of sp³-hybridized carbons (Fsp3) is 0.600. The number of hydrogen-bond acceptors (Lipinski definition) is 2. The van der Waals surface area contributed by atoms with Crippen molar-refractivity contribution in [1.82, 2.24) is 14.3 Å². The molecule has 1 saturated carbocycles. The maximum atomic E-state index is 13.3. The van der Waals surface area contributed by atoms with Gasteiger partial charge in [0, 0.05) is 20.0 Å². The van der Waals surface area contributed by atoms with E-state index in [4.69, 9.17) is 0 Å². The molecule has 1 aromatic heterocycles. The van der Waals surface area contributed by atoms with E-state index in [9.17, 15) is 18.0 Å². The summed E-state index contributed by atoms with van der Waals surface area (Å²) in [5.74, 6) is 0.699. The van der Waals surface area contributed by atoms with Crippen LogP contribution in [-0.2, 0) is 26.2 Å². The summed E-state index contributed by atoms with van der Waals surface area (Å²) in [6.45, 7) is 4.91. The molecule has 1 heterocycles. The smallest absolute Gasteiger partial charge is 0.278 e. The first-order valence-corrected chi connectivity index (χ1v) is 9.37. The molecule has 0 saturated heterocycles. The predicted molar refractivity (Wildman–Crippen MR) is 97.5 cm³/mol. The molecule has 7 heteroatoms. The quantitative estimate of drug-likeness (QED) is 0.787. The van der Waals surface area contributed by atoms with Crippen molar-refractivity contribution in [1.29, 1.82) is 0 Å². The molecule has 148 valence electrons. The molecular weight excluding hydrogens is 355 g/mol. The zero-order valence-electron chi connectivity index (χ0n) is 16.0. The van der Waals surface area contributed by atoms with Gasteiger partial charge in [0.15, 0.2) is 0 Å². The van der Waals surface area contributed by atoms with Crippen molar-refractivity contribution in [2.75, 3.05) is 0 Å². The van der Waals surface area contributed by atoms with Crippen molar-refractivity contribution in [3.8, 4) is 0 Å². The Morgan fingerprint density at radius 1 is 1.22 bits per heavy atom. The zero-order chi connectivity index (χ0) is 19.8. The minimum Gasteiger partial charge on any atom is -0.278 e. The number of nitrogens with zero attached hydrogens (tertiary/aromatic N) is 3. The van der Waals surface area contributed by atoms with Crippen LogP contribution in [0.1, 0.15) is 56.5 Å². The molecular formula is C20H26F3N3O. The highest BCUT2D eigenvalue weighted by Gasteiger charge is 2.35. The van der Waals surface area contributed by atoms with Gasteiger partial charge in [0.1, 0.15) is 5.82 Å². The second-order valence-electron chi connectivity index (χ2n) is 8.20. The number of rotatable bonds is 4. The molecule has 0 aliphatic heterocycles. The first-order chi connectivity index (χ1) is 12.6. The maximum absolute atomic E-state index is 13.3. The average molecular weight is 381 g/mol. The molecule has 1 unspecified atom stereocenters. The number of benzene rings is 1. The Labute approximate surface area is 157 Å². The SMILES string of the molecule is Cn1nc(Cc2ccccc2C(F)(F)F)n(CC2CCCCC2(C)C)c1=O. The summed E-state index contributed by atoms with van der Waals surface area (Å²) >= 11 is 0. The summed E-state index contributed by atoms with van der Waals surface area (Å²) in [7, 11) is 1.55. The average Bonchev–Trinajstić information content (AvgIpc) is 2.83. The summed E-state index contributed by atoms with van der Waals surface area (Å²) in [6, 6.07) is 5.49. The molecule has 1 atom stereocenters. The van der Waals surface area contributed by atoms with Gasteiger partial charge in [-0.2, -0.15) is 18.3 Å². The Balaban J connectivity index is 1.95. The highest BCUT2D eigenvalue weighted by atomic mass is 19.4. The highest BCUT2D eigenvalue weighted by Crippen LogP contribution is 2.41. The number of halogens is 3. The third kappa shape index (κ3) is 4.12. The van der Waals surface area contributed by atoms with Crippen LogP contribution in [0.15, 0.2) is 29.1 Å². The van der Waals surface area contributed by atoms with E-state index < -0.39 is 11.7 Å². The number of aryl methyl sites for hydroxylation is 1. The van der Waals surface area contributed by atoms with Gasteiger partial charge in [-0.05, 0) is 35.8 Å². The molecule has 0 radical (unpaired) electrons. The van der Waals surface area contributed by atoms with E-state index in [0.717, 1.165) is 25.3 Å². The Morgan fingerprint density at radius 3 is 2.59 bits per heavy atom. The van der Waals surface area contributed by atoms with Crippen molar-refractivity contribution >= 4 is 0 Å². The molecule has 0 amide bonds. The van der Waals surface area contributed by atoms with Gasteiger partial charge in [-0.25, -0.2) is 9.48 Å². The van der Waals surface area contributed by atoms with E-state index in [-0.39, 0.29) is 23.1 Å². The molecule has 27 heavy (non-hydrogen) atoms. The monoisotopic (exact) mass is 381 g/mol. The number of hydrogen-bond donors (Lipinski definition) is 0. The summed E-state index contributed by atoms with van der Waals surface area (Å²) in [4.78, 5) is 12.6. The molecule has 0 spiro atoms. The summed E-state index contributed by atoms with van der Waals surface area (Å²) in [5.41, 5.74) is -0.697. The largest absolute Gasteiger partial charge is 0.416 e. The van der Waals surface area contributed by atoms with Crippen LogP contribution in [0, 0.1) is 11.3 Å². The van der Waals surface area contributed by atoms with Crippen molar-refractivity contribution in [2.24, 2.45) is 18.4 Å². The van der Waals surface area contributed by atoms with Gasteiger partial charge >= 0.3 is 11.9 Å². The number of alkyl halides is 3. The lowest BCUT2D eigenvalue weighted by atomic mass is 9.69. The molecule has 1 aliphatic carbocycles. The molecule has 1 aromatic carbocycles. The van der Waals surface area contributed by atoms with Gasteiger partial charge in [0.2, 0.25) is 0 Å². The topological polar surface area (TPSA) is 39.8 Å². The van der Waals surface area contributed by atoms with Gasteiger partial charge in [0.25, 0.3) is 0 Å². The molecule has 0 N–H and O–H groups in total. The minimum absolute atomic E-state index is 0.0150. The lowest BCUT2D eigenvalue weighted by Crippen LogP contribution is -2.35. The van der Waals surface area contributed by atoms with Gasteiger partial charge in [0.05, 0.1) is 5.56 Å². The van der Waals surface area contributed by atoms with E-state index in [0.29, 0.717) is 18.3 Å². The van der Waals surface area contributed by atoms with Crippen LogP contribution >= 0.6 is 0 Å². The summed E-state index contributed by atoms with van der Waals surface area (Å²) in [5, 5.41) is 4.24. The van der Waals surface area contributed by atoms with E-state index in [2.05, 4.69) is 18.9 Å². The van der Waals surface area contributed by atoms with Gasteiger partial charge in [-0.1, -0.05) is 44.9 Å². The highest BCUT2D eigenvalue weighted by molar-refractivity contribution is 5.31. The van der Waals surface area contributed by atoms with Crippen molar-refractivity contribution in [2.45, 2.75) is 58.7 Å². The molecule has 1 fully saturated rings. The van der Waals surface area contributed by atoms with Crippen LogP contribution in [0.5, 0.6) is 0 Å². The molecule has 2 aromatic rings. The van der Waals surface area contributed by atoms with Crippen LogP contribution in [0.25, 0.3) is 0 Å². The van der Waals surface area contributed by atoms with Crippen LogP contribution in [-0.4, -0.2) is 14.3 Å². The lowest BCUT2D eigenvalue weighted by Gasteiger charge is -2.38. The molecule has 4 nitrogen and oxygen atoms in total. The van der Waals surface area contributed by atoms with Crippen molar-refractivity contribution in [3.63, 3.8) is 0 Å². The second-order valence-corrected chi connectivity index (χ2v) is 8.20. The van der Waals surface area contributed by atoms with E-state index in [1.54, 1.807) is 17.7 Å². The van der Waals surface area contributed by atoms with E-state index >= 15 is 0 Å². The van der Waals surface area contributed by atoms with Crippen LogP contribution in [0.4, 0.5) is 13.2 Å². The first kappa shape index (κ1) is 19.7. The summed E-state index contributed by atoms with van der Waals surface area (Å²) < 4.78 is 42.7. The molecule has 0 bridgehead atoms. The fourth-order valence-electron chi connectivity index (χ4n) is 4.12. The predicted octanol–water partition coefficient (Wildman–Crippen LogP) is 4.41. The Kier molecular flexibility index (Phi) is 5.23. The first-order valence-electron chi connectivity index (χ1n) is 9.37. The van der Waals surface area contributed by atoms with Crippen LogP contribution in [0.2, 0.25) is 0 Å². The number of aromatic nitrogens is 3. The zero-order valence-corrected chi connectivity index (χ0v) is 16.0. The lowest BCUT2D eigenvalue weighted by molar-refractivity contribution is -0.138. The van der Waals surface area contributed by atoms with Crippen molar-refractivity contribution in [3.05, 3.63) is 51.7 Å². The van der Waals surface area contributed by atoms with E-state index in [1.807, 2.05) is 0 Å². The summed E-state index contributed by atoms with van der Waals surface area (Å²) in [6.07, 6.45) is -0.0286.